The zero-order valence-corrected chi connectivity index (χ0v) is 10.0. The summed E-state index contributed by atoms with van der Waals surface area (Å²) in [5.74, 6) is 0.316. The van der Waals surface area contributed by atoms with Gasteiger partial charge in [-0.25, -0.2) is 13.1 Å². The first-order valence-corrected chi connectivity index (χ1v) is 6.98. The minimum atomic E-state index is -3.11. The van der Waals surface area contributed by atoms with Crippen molar-refractivity contribution in [3.8, 4) is 0 Å². The molecule has 1 rings (SSSR count). The van der Waals surface area contributed by atoms with Crippen molar-refractivity contribution in [2.45, 2.75) is 19.8 Å². The molecule has 1 N–H and O–H groups in total. The standard InChI is InChI=1S/C9H18N2O3S/c1-8(12)11-5-3-4-9(7-11)6-10-15(2,13)14/h9-10H,3-7H2,1-2H3/t9-/m1/s1. The number of nitrogens with zero attached hydrogens (tertiary/aromatic N) is 1. The number of hydrogen-bond acceptors (Lipinski definition) is 3. The molecule has 5 nitrogen and oxygen atoms in total. The van der Waals surface area contributed by atoms with Crippen LogP contribution in [0.5, 0.6) is 0 Å². The normalized spacial score (nSPS) is 22.8. The fraction of sp³-hybridized carbons (Fsp3) is 0.889. The first-order valence-electron chi connectivity index (χ1n) is 5.08. The molecule has 15 heavy (non-hydrogen) atoms. The van der Waals surface area contributed by atoms with Crippen LogP contribution in [-0.2, 0) is 14.8 Å². The summed E-state index contributed by atoms with van der Waals surface area (Å²) in [5.41, 5.74) is 0. The Morgan fingerprint density at radius 2 is 2.20 bits per heavy atom. The van der Waals surface area contributed by atoms with Crippen LogP contribution >= 0.6 is 0 Å². The second-order valence-electron chi connectivity index (χ2n) is 4.09. The quantitative estimate of drug-likeness (QED) is 0.735. The number of rotatable bonds is 3. The van der Waals surface area contributed by atoms with Crippen LogP contribution in [0.4, 0.5) is 0 Å². The van der Waals surface area contributed by atoms with Gasteiger partial charge in [-0.15, -0.1) is 0 Å². The summed E-state index contributed by atoms with van der Waals surface area (Å²) in [7, 11) is -3.11. The van der Waals surface area contributed by atoms with Gasteiger partial charge < -0.3 is 4.90 Å². The molecule has 0 radical (unpaired) electrons. The lowest BCUT2D eigenvalue weighted by Gasteiger charge is -2.31. The Morgan fingerprint density at radius 1 is 1.53 bits per heavy atom. The van der Waals surface area contributed by atoms with Gasteiger partial charge in [0.2, 0.25) is 15.9 Å². The first kappa shape index (κ1) is 12.4. The summed E-state index contributed by atoms with van der Waals surface area (Å²) < 4.78 is 24.3. The molecular formula is C9H18N2O3S. The maximum Gasteiger partial charge on any atom is 0.219 e. The molecule has 88 valence electrons. The van der Waals surface area contributed by atoms with Gasteiger partial charge in [0.25, 0.3) is 0 Å². The van der Waals surface area contributed by atoms with Crippen molar-refractivity contribution >= 4 is 15.9 Å². The second-order valence-corrected chi connectivity index (χ2v) is 5.93. The summed E-state index contributed by atoms with van der Waals surface area (Å²) in [4.78, 5) is 12.9. The fourth-order valence-corrected chi connectivity index (χ4v) is 2.33. The van der Waals surface area contributed by atoms with E-state index in [1.54, 1.807) is 11.8 Å². The topological polar surface area (TPSA) is 66.5 Å². The van der Waals surface area contributed by atoms with Crippen molar-refractivity contribution in [3.63, 3.8) is 0 Å². The number of sulfonamides is 1. The number of amides is 1. The maximum atomic E-state index is 11.1. The van der Waals surface area contributed by atoms with Crippen LogP contribution < -0.4 is 4.72 Å². The molecule has 1 fully saturated rings. The summed E-state index contributed by atoms with van der Waals surface area (Å²) in [5, 5.41) is 0. The van der Waals surface area contributed by atoms with Gasteiger partial charge in [-0.2, -0.15) is 0 Å². The van der Waals surface area contributed by atoms with E-state index in [1.807, 2.05) is 0 Å². The monoisotopic (exact) mass is 234 g/mol. The van der Waals surface area contributed by atoms with Gasteiger partial charge in [-0.3, -0.25) is 4.79 Å². The van der Waals surface area contributed by atoms with Crippen LogP contribution in [0.3, 0.4) is 0 Å². The lowest BCUT2D eigenvalue weighted by Crippen LogP contribution is -2.42. The highest BCUT2D eigenvalue weighted by molar-refractivity contribution is 7.88. The Hall–Kier alpha value is -0.620. The lowest BCUT2D eigenvalue weighted by molar-refractivity contribution is -0.130. The number of carbonyl (C=O) groups is 1. The van der Waals surface area contributed by atoms with E-state index in [4.69, 9.17) is 0 Å². The van der Waals surface area contributed by atoms with E-state index < -0.39 is 10.0 Å². The average molecular weight is 234 g/mol. The van der Waals surface area contributed by atoms with E-state index in [9.17, 15) is 13.2 Å². The molecule has 1 aliphatic rings. The zero-order valence-electron chi connectivity index (χ0n) is 9.19. The highest BCUT2D eigenvalue weighted by Crippen LogP contribution is 2.15. The van der Waals surface area contributed by atoms with Gasteiger partial charge >= 0.3 is 0 Å². The Bertz CT molecular complexity index is 326. The molecule has 0 aromatic heterocycles. The van der Waals surface area contributed by atoms with E-state index in [0.29, 0.717) is 13.1 Å². The number of likely N-dealkylation sites (tertiary alicyclic amines) is 1. The number of carbonyl (C=O) groups excluding carboxylic acids is 1. The van der Waals surface area contributed by atoms with Gasteiger partial charge in [0.1, 0.15) is 0 Å². The highest BCUT2D eigenvalue weighted by Gasteiger charge is 2.21. The van der Waals surface area contributed by atoms with E-state index in [2.05, 4.69) is 4.72 Å². The molecule has 0 spiro atoms. The number of hydrogen-bond donors (Lipinski definition) is 1. The van der Waals surface area contributed by atoms with Crippen molar-refractivity contribution in [1.82, 2.24) is 9.62 Å². The molecule has 0 bridgehead atoms. The molecule has 0 aromatic carbocycles. The largest absolute Gasteiger partial charge is 0.343 e. The maximum absolute atomic E-state index is 11.1. The second kappa shape index (κ2) is 4.94. The zero-order chi connectivity index (χ0) is 11.5. The number of nitrogens with one attached hydrogen (secondary N) is 1. The third-order valence-corrected chi connectivity index (χ3v) is 3.29. The molecule has 1 saturated heterocycles. The summed E-state index contributed by atoms with van der Waals surface area (Å²) in [6.07, 6.45) is 3.08. The molecule has 6 heteroatoms. The molecule has 0 aliphatic carbocycles. The van der Waals surface area contributed by atoms with Crippen molar-refractivity contribution in [3.05, 3.63) is 0 Å². The third-order valence-electron chi connectivity index (χ3n) is 2.60. The SMILES string of the molecule is CC(=O)N1CCC[C@H](CNS(C)(=O)=O)C1. The summed E-state index contributed by atoms with van der Waals surface area (Å²) >= 11 is 0. The smallest absolute Gasteiger partial charge is 0.219 e. The molecule has 1 heterocycles. The van der Waals surface area contributed by atoms with Gasteiger partial charge in [-0.05, 0) is 18.8 Å². The van der Waals surface area contributed by atoms with E-state index in [1.165, 1.54) is 0 Å². The molecule has 1 aliphatic heterocycles. The van der Waals surface area contributed by atoms with Gasteiger partial charge in [-0.1, -0.05) is 0 Å². The minimum Gasteiger partial charge on any atom is -0.343 e. The lowest BCUT2D eigenvalue weighted by atomic mass is 9.98. The molecule has 1 amide bonds. The van der Waals surface area contributed by atoms with Crippen LogP contribution in [0.1, 0.15) is 19.8 Å². The molecular weight excluding hydrogens is 216 g/mol. The van der Waals surface area contributed by atoms with Crippen LogP contribution in [0.15, 0.2) is 0 Å². The van der Waals surface area contributed by atoms with Crippen LogP contribution in [0.25, 0.3) is 0 Å². The van der Waals surface area contributed by atoms with Crippen molar-refractivity contribution in [2.24, 2.45) is 5.92 Å². The van der Waals surface area contributed by atoms with Crippen LogP contribution in [0.2, 0.25) is 0 Å². The Labute approximate surface area is 90.9 Å². The third kappa shape index (κ3) is 4.61. The Balaban J connectivity index is 2.40. The van der Waals surface area contributed by atoms with Crippen LogP contribution in [0, 0.1) is 5.92 Å². The Morgan fingerprint density at radius 3 is 2.73 bits per heavy atom. The average Bonchev–Trinajstić information content (AvgIpc) is 2.14. The predicted octanol–water partition coefficient (Wildman–Crippen LogP) is -0.206. The van der Waals surface area contributed by atoms with Gasteiger partial charge in [0.05, 0.1) is 6.26 Å². The molecule has 0 saturated carbocycles. The molecule has 0 aromatic rings. The van der Waals surface area contributed by atoms with E-state index in [-0.39, 0.29) is 11.8 Å². The van der Waals surface area contributed by atoms with E-state index in [0.717, 1.165) is 25.6 Å². The highest BCUT2D eigenvalue weighted by atomic mass is 32.2. The van der Waals surface area contributed by atoms with Gasteiger partial charge in [0, 0.05) is 26.6 Å². The predicted molar refractivity (Wildman–Crippen MR) is 57.8 cm³/mol. The first-order chi connectivity index (χ1) is 6.88. The minimum absolute atomic E-state index is 0.0686. The van der Waals surface area contributed by atoms with E-state index >= 15 is 0 Å². The van der Waals surface area contributed by atoms with Crippen LogP contribution in [-0.4, -0.2) is 45.1 Å². The Kier molecular flexibility index (Phi) is 4.10. The van der Waals surface area contributed by atoms with Crippen molar-refractivity contribution < 1.29 is 13.2 Å². The summed E-state index contributed by atoms with van der Waals surface area (Å²) in [6.45, 7) is 3.44. The summed E-state index contributed by atoms with van der Waals surface area (Å²) in [6, 6.07) is 0. The van der Waals surface area contributed by atoms with Crippen molar-refractivity contribution in [1.29, 1.82) is 0 Å². The number of piperidine rings is 1. The fourth-order valence-electron chi connectivity index (χ4n) is 1.79. The van der Waals surface area contributed by atoms with Crippen molar-refractivity contribution in [2.75, 3.05) is 25.9 Å². The van der Waals surface area contributed by atoms with Gasteiger partial charge in [0.15, 0.2) is 0 Å². The molecule has 1 atom stereocenters. The molecule has 0 unspecified atom stereocenters.